The quantitative estimate of drug-likeness (QED) is 0.861. The van der Waals surface area contributed by atoms with Gasteiger partial charge in [-0.1, -0.05) is 11.8 Å². The number of hydrogen-bond donors (Lipinski definition) is 1. The number of alkyl halides is 3. The summed E-state index contributed by atoms with van der Waals surface area (Å²) in [6.45, 7) is 4.70. The van der Waals surface area contributed by atoms with Gasteiger partial charge in [-0.3, -0.25) is 19.5 Å². The van der Waals surface area contributed by atoms with Crippen LogP contribution in [0.4, 0.5) is 18.9 Å². The zero-order valence-electron chi connectivity index (χ0n) is 13.8. The Morgan fingerprint density at radius 2 is 1.92 bits per heavy atom. The molecule has 1 aliphatic rings. The van der Waals surface area contributed by atoms with Crippen molar-refractivity contribution >= 4 is 34.4 Å². The Balaban J connectivity index is 1.98. The highest BCUT2D eigenvalue weighted by atomic mass is 32.2. The summed E-state index contributed by atoms with van der Waals surface area (Å²) in [4.78, 5) is 30.2. The molecule has 1 atom stereocenters. The summed E-state index contributed by atoms with van der Waals surface area (Å²) >= 11 is 1.24. The second kappa shape index (κ2) is 7.90. The molecule has 1 aromatic rings. The number of rotatable bonds is 5. The Kier molecular flexibility index (Phi) is 6.10. The van der Waals surface area contributed by atoms with Crippen LogP contribution in [-0.2, 0) is 15.8 Å². The molecular weight excluding hydrogens is 355 g/mol. The first-order chi connectivity index (χ1) is 11.8. The van der Waals surface area contributed by atoms with Crippen LogP contribution in [-0.4, -0.2) is 40.2 Å². The molecule has 2 rings (SSSR count). The topological polar surface area (TPSA) is 61.8 Å². The second-order valence-electron chi connectivity index (χ2n) is 5.27. The summed E-state index contributed by atoms with van der Waals surface area (Å²) < 4.78 is 37.6. The average Bonchev–Trinajstić information content (AvgIpc) is 2.82. The Morgan fingerprint density at radius 1 is 1.28 bits per heavy atom. The highest BCUT2D eigenvalue weighted by Gasteiger charge is 2.38. The van der Waals surface area contributed by atoms with E-state index in [1.54, 1.807) is 0 Å². The van der Waals surface area contributed by atoms with Crippen molar-refractivity contribution in [2.24, 2.45) is 4.99 Å². The molecule has 1 fully saturated rings. The zero-order valence-corrected chi connectivity index (χ0v) is 14.6. The third kappa shape index (κ3) is 4.75. The third-order valence-electron chi connectivity index (χ3n) is 3.50. The fraction of sp³-hybridized carbons (Fsp3) is 0.438. The number of anilines is 1. The van der Waals surface area contributed by atoms with Crippen LogP contribution >= 0.6 is 11.8 Å². The van der Waals surface area contributed by atoms with Gasteiger partial charge in [-0.2, -0.15) is 13.2 Å². The first kappa shape index (κ1) is 19.3. The van der Waals surface area contributed by atoms with E-state index in [9.17, 15) is 22.8 Å². The number of aliphatic imine (C=N–C) groups is 1. The molecule has 1 heterocycles. The standard InChI is InChI=1S/C16H18F3N3O2S/c1-3-20-15-22(4-2)14(24)12(25-15)9-13(23)21-11-7-5-10(6-8-11)16(17,18)19/h5-8,12H,3-4,9H2,1-2H3,(H,21,23)/t12-/m0/s1. The smallest absolute Gasteiger partial charge is 0.326 e. The molecule has 2 amide bonds. The van der Waals surface area contributed by atoms with E-state index < -0.39 is 22.9 Å². The Labute approximate surface area is 147 Å². The van der Waals surface area contributed by atoms with Crippen molar-refractivity contribution in [3.8, 4) is 0 Å². The number of halogens is 3. The Bertz CT molecular complexity index is 674. The van der Waals surface area contributed by atoms with Crippen molar-refractivity contribution in [1.29, 1.82) is 0 Å². The minimum atomic E-state index is -4.42. The molecule has 0 aliphatic carbocycles. The van der Waals surface area contributed by atoms with E-state index >= 15 is 0 Å². The minimum Gasteiger partial charge on any atom is -0.326 e. The van der Waals surface area contributed by atoms with Crippen LogP contribution in [0.25, 0.3) is 0 Å². The highest BCUT2D eigenvalue weighted by Crippen LogP contribution is 2.31. The molecule has 1 saturated heterocycles. The molecule has 1 aromatic carbocycles. The predicted octanol–water partition coefficient (Wildman–Crippen LogP) is 3.37. The van der Waals surface area contributed by atoms with Gasteiger partial charge in [0.2, 0.25) is 11.8 Å². The Hall–Kier alpha value is -2.03. The molecule has 0 aromatic heterocycles. The van der Waals surface area contributed by atoms with Crippen molar-refractivity contribution in [1.82, 2.24) is 4.90 Å². The van der Waals surface area contributed by atoms with E-state index in [0.29, 0.717) is 18.3 Å². The van der Waals surface area contributed by atoms with Crippen LogP contribution in [0.2, 0.25) is 0 Å². The van der Waals surface area contributed by atoms with Crippen molar-refractivity contribution in [3.05, 3.63) is 29.8 Å². The molecule has 0 bridgehead atoms. The summed E-state index contributed by atoms with van der Waals surface area (Å²) in [5.74, 6) is -0.610. The lowest BCUT2D eigenvalue weighted by molar-refractivity contribution is -0.137. The zero-order chi connectivity index (χ0) is 18.6. The van der Waals surface area contributed by atoms with E-state index in [2.05, 4.69) is 10.3 Å². The molecular formula is C16H18F3N3O2S. The molecule has 1 N–H and O–H groups in total. The number of hydrogen-bond acceptors (Lipinski definition) is 4. The van der Waals surface area contributed by atoms with Crippen LogP contribution in [0.1, 0.15) is 25.8 Å². The van der Waals surface area contributed by atoms with Crippen molar-refractivity contribution in [2.75, 3.05) is 18.4 Å². The lowest BCUT2D eigenvalue weighted by atomic mass is 10.2. The van der Waals surface area contributed by atoms with Gasteiger partial charge in [0.25, 0.3) is 0 Å². The van der Waals surface area contributed by atoms with Crippen molar-refractivity contribution < 1.29 is 22.8 Å². The number of amidine groups is 1. The van der Waals surface area contributed by atoms with E-state index in [1.165, 1.54) is 28.8 Å². The van der Waals surface area contributed by atoms with Gasteiger partial charge in [0, 0.05) is 25.2 Å². The molecule has 9 heteroatoms. The maximum Gasteiger partial charge on any atom is 0.416 e. The highest BCUT2D eigenvalue weighted by molar-refractivity contribution is 8.15. The van der Waals surface area contributed by atoms with E-state index in [-0.39, 0.29) is 18.0 Å². The van der Waals surface area contributed by atoms with Gasteiger partial charge in [-0.25, -0.2) is 0 Å². The number of nitrogens with one attached hydrogen (secondary N) is 1. The van der Waals surface area contributed by atoms with Crippen LogP contribution in [0.15, 0.2) is 29.3 Å². The minimum absolute atomic E-state index is 0.0657. The summed E-state index contributed by atoms with van der Waals surface area (Å²) in [5, 5.41) is 2.55. The van der Waals surface area contributed by atoms with E-state index in [0.717, 1.165) is 12.1 Å². The molecule has 5 nitrogen and oxygen atoms in total. The van der Waals surface area contributed by atoms with Crippen LogP contribution in [0, 0.1) is 0 Å². The van der Waals surface area contributed by atoms with E-state index in [1.807, 2.05) is 13.8 Å². The van der Waals surface area contributed by atoms with Crippen LogP contribution in [0.5, 0.6) is 0 Å². The molecule has 25 heavy (non-hydrogen) atoms. The summed E-state index contributed by atoms with van der Waals surface area (Å²) in [6.07, 6.45) is -4.49. The first-order valence-corrected chi connectivity index (χ1v) is 8.63. The SMILES string of the molecule is CCN=C1S[C@@H](CC(=O)Nc2ccc(C(F)(F)F)cc2)C(=O)N1CC. The number of carbonyl (C=O) groups excluding carboxylic acids is 2. The van der Waals surface area contributed by atoms with Gasteiger partial charge in [0.05, 0.1) is 5.56 Å². The van der Waals surface area contributed by atoms with Gasteiger partial charge in [-0.15, -0.1) is 0 Å². The maximum absolute atomic E-state index is 12.5. The largest absolute Gasteiger partial charge is 0.416 e. The molecule has 136 valence electrons. The number of thioether (sulfide) groups is 1. The lowest BCUT2D eigenvalue weighted by Crippen LogP contribution is -2.33. The first-order valence-electron chi connectivity index (χ1n) is 7.75. The van der Waals surface area contributed by atoms with Crippen LogP contribution in [0.3, 0.4) is 0 Å². The molecule has 1 aliphatic heterocycles. The fourth-order valence-corrected chi connectivity index (χ4v) is 3.58. The van der Waals surface area contributed by atoms with Gasteiger partial charge in [0.15, 0.2) is 5.17 Å². The predicted molar refractivity (Wildman–Crippen MR) is 91.4 cm³/mol. The fourth-order valence-electron chi connectivity index (χ4n) is 2.31. The second-order valence-corrected chi connectivity index (χ2v) is 6.44. The number of amides is 2. The normalized spacial score (nSPS) is 19.6. The summed E-state index contributed by atoms with van der Waals surface area (Å²) in [6, 6.07) is 4.17. The van der Waals surface area contributed by atoms with Crippen molar-refractivity contribution in [2.45, 2.75) is 31.7 Å². The molecule has 0 radical (unpaired) electrons. The maximum atomic E-state index is 12.5. The summed E-state index contributed by atoms with van der Waals surface area (Å²) in [7, 11) is 0. The molecule has 0 unspecified atom stereocenters. The number of benzene rings is 1. The van der Waals surface area contributed by atoms with Crippen LogP contribution < -0.4 is 5.32 Å². The van der Waals surface area contributed by atoms with E-state index in [4.69, 9.17) is 0 Å². The average molecular weight is 373 g/mol. The van der Waals surface area contributed by atoms with Crippen molar-refractivity contribution in [3.63, 3.8) is 0 Å². The summed E-state index contributed by atoms with van der Waals surface area (Å²) in [5.41, 5.74) is -0.533. The van der Waals surface area contributed by atoms with Gasteiger partial charge >= 0.3 is 6.18 Å². The molecule has 0 spiro atoms. The lowest BCUT2D eigenvalue weighted by Gasteiger charge is -2.13. The monoisotopic (exact) mass is 373 g/mol. The number of nitrogens with zero attached hydrogens (tertiary/aromatic N) is 2. The molecule has 0 saturated carbocycles. The number of carbonyl (C=O) groups is 2. The van der Waals surface area contributed by atoms with Gasteiger partial charge in [-0.05, 0) is 38.1 Å². The third-order valence-corrected chi connectivity index (χ3v) is 4.71. The Morgan fingerprint density at radius 3 is 2.44 bits per heavy atom. The van der Waals surface area contributed by atoms with Gasteiger partial charge < -0.3 is 5.32 Å². The van der Waals surface area contributed by atoms with Gasteiger partial charge in [0.1, 0.15) is 5.25 Å².